The molecule has 3 atom stereocenters. The summed E-state index contributed by atoms with van der Waals surface area (Å²) in [4.78, 5) is 16.7. The van der Waals surface area contributed by atoms with Crippen molar-refractivity contribution in [1.82, 2.24) is 9.80 Å². The average molecular weight is 385 g/mol. The van der Waals surface area contributed by atoms with E-state index in [9.17, 15) is 15.0 Å². The van der Waals surface area contributed by atoms with Gasteiger partial charge in [0, 0.05) is 50.1 Å². The van der Waals surface area contributed by atoms with Gasteiger partial charge in [0.05, 0.1) is 16.1 Å². The zero-order valence-electron chi connectivity index (χ0n) is 13.9. The predicted octanol–water partition coefficient (Wildman–Crippen LogP) is 2.47. The molecule has 5 nitrogen and oxygen atoms in total. The number of halogens is 2. The first kappa shape index (κ1) is 17.4. The number of aromatic hydroxyl groups is 1. The SMILES string of the molecule is O=C1C[C@@H](CN2CC(O)C2)C[C@@H]2CC(c3c(O)ccc(Cl)c3Cl)CN12. The van der Waals surface area contributed by atoms with Crippen LogP contribution in [0, 0.1) is 5.92 Å². The lowest BCUT2D eigenvalue weighted by Gasteiger charge is -2.41. The van der Waals surface area contributed by atoms with Crippen molar-refractivity contribution < 1.29 is 15.0 Å². The Morgan fingerprint density at radius 2 is 1.92 bits per heavy atom. The number of aliphatic hydroxyl groups is 1. The number of carbonyl (C=O) groups is 1. The molecule has 25 heavy (non-hydrogen) atoms. The first-order valence-corrected chi connectivity index (χ1v) is 9.54. The number of nitrogens with zero attached hydrogens (tertiary/aromatic N) is 2. The lowest BCUT2D eigenvalue weighted by Crippen LogP contribution is -2.54. The topological polar surface area (TPSA) is 64.0 Å². The van der Waals surface area contributed by atoms with Gasteiger partial charge in [0.2, 0.25) is 5.91 Å². The average Bonchev–Trinajstić information content (AvgIpc) is 2.94. The highest BCUT2D eigenvalue weighted by Crippen LogP contribution is 2.45. The molecule has 0 aromatic heterocycles. The van der Waals surface area contributed by atoms with Crippen molar-refractivity contribution in [3.05, 3.63) is 27.7 Å². The van der Waals surface area contributed by atoms with Crippen molar-refractivity contribution in [2.24, 2.45) is 5.92 Å². The Bertz CT molecular complexity index is 693. The first-order chi connectivity index (χ1) is 11.9. The molecule has 2 N–H and O–H groups in total. The minimum absolute atomic E-state index is 0.0183. The number of phenolic OH excluding ortho intramolecular Hbond substituents is 1. The molecule has 4 rings (SSSR count). The predicted molar refractivity (Wildman–Crippen MR) is 96.2 cm³/mol. The lowest BCUT2D eigenvalue weighted by atomic mass is 9.87. The highest BCUT2D eigenvalue weighted by Gasteiger charge is 2.43. The van der Waals surface area contributed by atoms with Gasteiger partial charge in [0.1, 0.15) is 5.75 Å². The number of phenols is 1. The summed E-state index contributed by atoms with van der Waals surface area (Å²) in [6, 6.07) is 3.35. The molecule has 3 aliphatic heterocycles. The molecule has 3 saturated heterocycles. The number of hydrogen-bond acceptors (Lipinski definition) is 4. The molecule has 0 spiro atoms. The highest BCUT2D eigenvalue weighted by atomic mass is 35.5. The van der Waals surface area contributed by atoms with E-state index < -0.39 is 0 Å². The number of amides is 1. The standard InChI is InChI=1S/C18H22Cl2N2O3/c19-14-1-2-15(24)17(18(14)20)11-5-12-3-10(4-16(25)22(12)7-11)6-21-8-13(23)9-21/h1-2,10-13,23-24H,3-9H2/t10-,11?,12+/m0/s1. The quantitative estimate of drug-likeness (QED) is 0.839. The number of hydrogen-bond donors (Lipinski definition) is 2. The Kier molecular flexibility index (Phi) is 4.61. The number of rotatable bonds is 3. The van der Waals surface area contributed by atoms with Crippen LogP contribution in [0.4, 0.5) is 0 Å². The number of fused-ring (bicyclic) bond motifs is 1. The minimum Gasteiger partial charge on any atom is -0.508 e. The summed E-state index contributed by atoms with van der Waals surface area (Å²) in [5.74, 6) is 0.688. The van der Waals surface area contributed by atoms with Gasteiger partial charge in [-0.3, -0.25) is 9.69 Å². The van der Waals surface area contributed by atoms with E-state index in [1.807, 2.05) is 4.90 Å². The second-order valence-electron chi connectivity index (χ2n) is 7.60. The van der Waals surface area contributed by atoms with Crippen molar-refractivity contribution in [1.29, 1.82) is 0 Å². The van der Waals surface area contributed by atoms with Crippen molar-refractivity contribution in [3.63, 3.8) is 0 Å². The molecule has 1 aromatic carbocycles. The zero-order chi connectivity index (χ0) is 17.7. The zero-order valence-corrected chi connectivity index (χ0v) is 15.4. The maximum absolute atomic E-state index is 12.6. The van der Waals surface area contributed by atoms with Crippen LogP contribution in [0.25, 0.3) is 0 Å². The molecule has 0 radical (unpaired) electrons. The van der Waals surface area contributed by atoms with Gasteiger partial charge in [-0.15, -0.1) is 0 Å². The van der Waals surface area contributed by atoms with E-state index in [0.29, 0.717) is 47.6 Å². The number of carbonyl (C=O) groups excluding carboxylic acids is 1. The monoisotopic (exact) mass is 384 g/mol. The van der Waals surface area contributed by atoms with Crippen molar-refractivity contribution in [2.75, 3.05) is 26.2 Å². The Morgan fingerprint density at radius 1 is 1.16 bits per heavy atom. The molecule has 1 aromatic rings. The van der Waals surface area contributed by atoms with E-state index >= 15 is 0 Å². The van der Waals surface area contributed by atoms with Crippen LogP contribution < -0.4 is 0 Å². The fourth-order valence-electron chi connectivity index (χ4n) is 4.63. The summed E-state index contributed by atoms with van der Waals surface area (Å²) in [6.07, 6.45) is 2.12. The maximum Gasteiger partial charge on any atom is 0.223 e. The maximum atomic E-state index is 12.6. The largest absolute Gasteiger partial charge is 0.508 e. The van der Waals surface area contributed by atoms with Gasteiger partial charge in [0.25, 0.3) is 0 Å². The second kappa shape index (κ2) is 6.62. The van der Waals surface area contributed by atoms with Crippen LogP contribution in [0.15, 0.2) is 12.1 Å². The third-order valence-electron chi connectivity index (χ3n) is 5.78. The molecule has 3 fully saturated rings. The summed E-state index contributed by atoms with van der Waals surface area (Å²) in [7, 11) is 0. The van der Waals surface area contributed by atoms with Gasteiger partial charge in [-0.05, 0) is 30.9 Å². The summed E-state index contributed by atoms with van der Waals surface area (Å²) >= 11 is 12.4. The molecule has 0 saturated carbocycles. The van der Waals surface area contributed by atoms with Crippen LogP contribution in [0.1, 0.15) is 30.7 Å². The van der Waals surface area contributed by atoms with E-state index in [2.05, 4.69) is 4.90 Å². The Balaban J connectivity index is 1.47. The Hall–Kier alpha value is -1.01. The fourth-order valence-corrected chi connectivity index (χ4v) is 5.11. The molecule has 0 bridgehead atoms. The third kappa shape index (κ3) is 3.23. The van der Waals surface area contributed by atoms with Crippen molar-refractivity contribution >= 4 is 29.1 Å². The van der Waals surface area contributed by atoms with Crippen LogP contribution in [0.5, 0.6) is 5.75 Å². The molecule has 7 heteroatoms. The molecule has 1 unspecified atom stereocenters. The van der Waals surface area contributed by atoms with Crippen LogP contribution in [0.3, 0.4) is 0 Å². The van der Waals surface area contributed by atoms with E-state index in [1.165, 1.54) is 0 Å². The van der Waals surface area contributed by atoms with Crippen molar-refractivity contribution in [3.8, 4) is 5.75 Å². The van der Waals surface area contributed by atoms with Gasteiger partial charge in [0.15, 0.2) is 0 Å². The number of β-amino-alcohol motifs (C(OH)–C–C–N with tert-alkyl or cyclic N) is 1. The summed E-state index contributed by atoms with van der Waals surface area (Å²) in [6.45, 7) is 2.90. The molecular weight excluding hydrogens is 363 g/mol. The highest BCUT2D eigenvalue weighted by molar-refractivity contribution is 6.42. The molecule has 1 amide bonds. The Labute approximate surface area is 157 Å². The van der Waals surface area contributed by atoms with Gasteiger partial charge in [-0.1, -0.05) is 23.2 Å². The smallest absolute Gasteiger partial charge is 0.223 e. The minimum atomic E-state index is -0.209. The number of aliphatic hydroxyl groups excluding tert-OH is 1. The normalized spacial score (nSPS) is 30.4. The lowest BCUT2D eigenvalue weighted by molar-refractivity contribution is -0.137. The number of benzene rings is 1. The van der Waals surface area contributed by atoms with Crippen LogP contribution >= 0.6 is 23.2 Å². The molecular formula is C18H22Cl2N2O3. The molecule has 0 aliphatic carbocycles. The van der Waals surface area contributed by atoms with E-state index in [4.69, 9.17) is 23.2 Å². The van der Waals surface area contributed by atoms with E-state index in [1.54, 1.807) is 12.1 Å². The second-order valence-corrected chi connectivity index (χ2v) is 8.39. The number of piperidine rings is 1. The van der Waals surface area contributed by atoms with E-state index in [0.717, 1.165) is 19.4 Å². The molecule has 3 heterocycles. The third-order valence-corrected chi connectivity index (χ3v) is 6.59. The molecule has 136 valence electrons. The summed E-state index contributed by atoms with van der Waals surface area (Å²) in [5, 5.41) is 20.5. The van der Waals surface area contributed by atoms with Gasteiger partial charge in [-0.2, -0.15) is 0 Å². The Morgan fingerprint density at radius 3 is 2.64 bits per heavy atom. The number of likely N-dealkylation sites (tertiary alicyclic amines) is 1. The van der Waals surface area contributed by atoms with Crippen LogP contribution in [0.2, 0.25) is 10.0 Å². The molecule has 3 aliphatic rings. The summed E-state index contributed by atoms with van der Waals surface area (Å²) in [5.41, 5.74) is 0.666. The van der Waals surface area contributed by atoms with Crippen LogP contribution in [-0.4, -0.2) is 64.2 Å². The fraction of sp³-hybridized carbons (Fsp3) is 0.611. The summed E-state index contributed by atoms with van der Waals surface area (Å²) < 4.78 is 0. The van der Waals surface area contributed by atoms with Gasteiger partial charge >= 0.3 is 0 Å². The first-order valence-electron chi connectivity index (χ1n) is 8.79. The van der Waals surface area contributed by atoms with Crippen LogP contribution in [-0.2, 0) is 4.79 Å². The van der Waals surface area contributed by atoms with Gasteiger partial charge in [-0.25, -0.2) is 0 Å². The van der Waals surface area contributed by atoms with E-state index in [-0.39, 0.29) is 29.7 Å². The van der Waals surface area contributed by atoms with Gasteiger partial charge < -0.3 is 15.1 Å². The van der Waals surface area contributed by atoms with Crippen molar-refractivity contribution in [2.45, 2.75) is 37.3 Å².